The van der Waals surface area contributed by atoms with Crippen molar-refractivity contribution in [3.8, 4) is 77.9 Å². The molecule has 0 atom stereocenters. The molecule has 480 valence electrons. The zero-order valence-electron chi connectivity index (χ0n) is 55.3. The Bertz CT molecular complexity index is 6540. The van der Waals surface area contributed by atoms with E-state index in [0.717, 1.165) is 42.7 Å². The van der Waals surface area contributed by atoms with Gasteiger partial charge in [-0.3, -0.25) is 0 Å². The van der Waals surface area contributed by atoms with E-state index in [4.69, 9.17) is 0 Å². The number of hydrogen-bond acceptors (Lipinski definition) is 4. The predicted molar refractivity (Wildman–Crippen MR) is 446 cm³/mol. The standard InChI is InChI=1S/C48H30S.C30H21BO2.C18H11BrS/c1-2-19-36-31(13-1)14-11-25-37(36)32-15-9-17-34(29-32)46-40-21-3-5-23-42(40)47(43-24-6-4-22-41(43)46)35-18-10-16-33(30-35)38-26-12-27-44-39-20-7-8-28-45(39)49-48(38)44;32-31(33)30-27-16-5-3-14-25(27)29(26-15-4-6-17-28(26)30)22-12-7-11-21(19-22)24-18-8-10-20-9-1-2-13-23(20)24;19-13-6-3-5-12(11-13)14-8-4-9-16-15-7-1-2-10-17(15)20-18(14)16/h1-30H;1-19,32-33H;1-11H. The Morgan fingerprint density at radius 1 is 0.216 bits per heavy atom. The lowest BCUT2D eigenvalue weighted by Gasteiger charge is -2.19. The van der Waals surface area contributed by atoms with Gasteiger partial charge in [-0.2, -0.15) is 0 Å². The van der Waals surface area contributed by atoms with Crippen LogP contribution < -0.4 is 5.46 Å². The highest BCUT2D eigenvalue weighted by Crippen LogP contribution is 2.48. The fourth-order valence-corrected chi connectivity index (χ4v) is 18.5. The molecule has 0 saturated heterocycles. The summed E-state index contributed by atoms with van der Waals surface area (Å²) in [6.07, 6.45) is 0. The third-order valence-corrected chi connectivity index (χ3v) is 23.0. The Hall–Kier alpha value is -11.6. The summed E-state index contributed by atoms with van der Waals surface area (Å²) >= 11 is 7.32. The lowest BCUT2D eigenvalue weighted by molar-refractivity contribution is 0.426. The zero-order valence-corrected chi connectivity index (χ0v) is 58.5. The molecule has 0 unspecified atom stereocenters. The van der Waals surface area contributed by atoms with Crippen LogP contribution in [0.5, 0.6) is 0 Å². The minimum atomic E-state index is -1.55. The van der Waals surface area contributed by atoms with Gasteiger partial charge >= 0.3 is 7.12 Å². The van der Waals surface area contributed by atoms with E-state index in [1.165, 1.54) is 145 Å². The van der Waals surface area contributed by atoms with E-state index in [0.29, 0.717) is 5.46 Å². The number of rotatable bonds is 8. The molecule has 20 aromatic rings. The molecule has 6 heteroatoms. The van der Waals surface area contributed by atoms with Gasteiger partial charge in [-0.05, 0) is 190 Å². The van der Waals surface area contributed by atoms with Crippen LogP contribution in [0.3, 0.4) is 0 Å². The Morgan fingerprint density at radius 2 is 0.480 bits per heavy atom. The number of benzene rings is 18. The molecule has 102 heavy (non-hydrogen) atoms. The summed E-state index contributed by atoms with van der Waals surface area (Å²) in [7, 11) is -1.55. The largest absolute Gasteiger partial charge is 0.489 e. The first-order valence-electron chi connectivity index (χ1n) is 34.4. The molecule has 0 saturated carbocycles. The lowest BCUT2D eigenvalue weighted by Crippen LogP contribution is -2.31. The summed E-state index contributed by atoms with van der Waals surface area (Å²) in [6.45, 7) is 0. The second-order valence-electron chi connectivity index (χ2n) is 26.0. The third kappa shape index (κ3) is 11.3. The number of fused-ring (bicyclic) bond motifs is 12. The summed E-state index contributed by atoms with van der Waals surface area (Å²) in [4.78, 5) is 0. The van der Waals surface area contributed by atoms with Gasteiger partial charge in [0.25, 0.3) is 0 Å². The molecule has 18 aromatic carbocycles. The highest BCUT2D eigenvalue weighted by Gasteiger charge is 2.24. The normalized spacial score (nSPS) is 11.5. The SMILES string of the molecule is Brc1cccc(-c2cccc3c2sc2ccccc23)c1.OB(O)c1c2ccccc2c(-c2cccc(-c3cccc4ccccc34)c2)c2ccccc12.c1cc(-c2cccc3ccccc23)cc(-c2c3ccccc3c(-c3cccc(-c4cccc5c4sc4ccccc45)c3)c3ccccc23)c1. The number of hydrogen-bond donors (Lipinski definition) is 2. The van der Waals surface area contributed by atoms with E-state index in [1.54, 1.807) is 0 Å². The molecule has 0 amide bonds. The molecule has 2 aromatic heterocycles. The second-order valence-corrected chi connectivity index (χ2v) is 29.0. The maximum absolute atomic E-state index is 10.2. The molecular weight excluding hydrogens is 1340 g/mol. The minimum absolute atomic E-state index is 0.551. The molecule has 0 aliphatic heterocycles. The third-order valence-electron chi connectivity index (χ3n) is 20.1. The van der Waals surface area contributed by atoms with Crippen LogP contribution in [0, 0.1) is 0 Å². The van der Waals surface area contributed by atoms with Gasteiger partial charge in [0.05, 0.1) is 0 Å². The molecule has 2 N–H and O–H groups in total. The van der Waals surface area contributed by atoms with Crippen molar-refractivity contribution in [3.63, 3.8) is 0 Å². The van der Waals surface area contributed by atoms with Crippen molar-refractivity contribution in [2.24, 2.45) is 0 Å². The van der Waals surface area contributed by atoms with E-state index in [-0.39, 0.29) is 0 Å². The van der Waals surface area contributed by atoms with Crippen LogP contribution in [0.2, 0.25) is 0 Å². The van der Waals surface area contributed by atoms with Gasteiger partial charge in [0.2, 0.25) is 0 Å². The Labute approximate surface area is 607 Å². The van der Waals surface area contributed by atoms with Crippen LogP contribution >= 0.6 is 38.6 Å². The van der Waals surface area contributed by atoms with Crippen molar-refractivity contribution in [3.05, 3.63) is 368 Å². The molecule has 2 heterocycles. The molecule has 0 fully saturated rings. The first kappa shape index (κ1) is 62.7. The topological polar surface area (TPSA) is 40.5 Å². The summed E-state index contributed by atoms with van der Waals surface area (Å²) in [5.41, 5.74) is 17.7. The van der Waals surface area contributed by atoms with Gasteiger partial charge in [-0.15, -0.1) is 22.7 Å². The van der Waals surface area contributed by atoms with Crippen LogP contribution in [-0.4, -0.2) is 17.2 Å². The van der Waals surface area contributed by atoms with Crippen LogP contribution in [0.4, 0.5) is 0 Å². The quantitative estimate of drug-likeness (QED) is 0.118. The Balaban J connectivity index is 0.000000121. The predicted octanol–water partition coefficient (Wildman–Crippen LogP) is 26.8. The first-order chi connectivity index (χ1) is 50.4. The molecule has 20 rings (SSSR count). The van der Waals surface area contributed by atoms with Gasteiger partial charge in [-0.1, -0.05) is 337 Å². The van der Waals surface area contributed by atoms with Crippen LogP contribution in [-0.2, 0) is 0 Å². The van der Waals surface area contributed by atoms with Gasteiger partial charge < -0.3 is 10.0 Å². The van der Waals surface area contributed by atoms with Gasteiger partial charge in [0.1, 0.15) is 0 Å². The average Bonchev–Trinajstić information content (AvgIpc) is 1.09. The molecule has 0 aliphatic carbocycles. The maximum Gasteiger partial charge on any atom is 0.489 e. The molecule has 0 radical (unpaired) electrons. The molecular formula is C96H62BBrO2S2. The van der Waals surface area contributed by atoms with E-state index >= 15 is 0 Å². The summed E-state index contributed by atoms with van der Waals surface area (Å²) < 4.78 is 6.51. The molecule has 0 aliphatic rings. The van der Waals surface area contributed by atoms with Gasteiger partial charge in [0, 0.05) is 44.8 Å². The fraction of sp³-hybridized carbons (Fsp3) is 0. The van der Waals surface area contributed by atoms with Crippen molar-refractivity contribution in [1.29, 1.82) is 0 Å². The summed E-state index contributed by atoms with van der Waals surface area (Å²) in [6, 6.07) is 130. The van der Waals surface area contributed by atoms with E-state index < -0.39 is 7.12 Å². The van der Waals surface area contributed by atoms with Crippen molar-refractivity contribution in [2.75, 3.05) is 0 Å². The average molecular weight is 1400 g/mol. The lowest BCUT2D eigenvalue weighted by atomic mass is 9.72. The van der Waals surface area contributed by atoms with Crippen LogP contribution in [0.15, 0.2) is 368 Å². The molecule has 2 nitrogen and oxygen atoms in total. The monoisotopic (exact) mass is 1400 g/mol. The second kappa shape index (κ2) is 26.8. The highest BCUT2D eigenvalue weighted by atomic mass is 79.9. The van der Waals surface area contributed by atoms with Crippen molar-refractivity contribution >= 4 is 156 Å². The summed E-state index contributed by atoms with van der Waals surface area (Å²) in [5, 5.41) is 39.6. The van der Waals surface area contributed by atoms with Crippen molar-refractivity contribution < 1.29 is 10.0 Å². The number of halogens is 1. The zero-order chi connectivity index (χ0) is 68.2. The fourth-order valence-electron chi connectivity index (χ4n) is 15.6. The van der Waals surface area contributed by atoms with Crippen molar-refractivity contribution in [1.82, 2.24) is 0 Å². The molecule has 0 bridgehead atoms. The molecule has 0 spiro atoms. The van der Waals surface area contributed by atoms with Crippen LogP contribution in [0.1, 0.15) is 0 Å². The Kier molecular flexibility index (Phi) is 16.5. The van der Waals surface area contributed by atoms with Gasteiger partial charge in [0.15, 0.2) is 0 Å². The Morgan fingerprint density at radius 3 is 0.873 bits per heavy atom. The number of thiophene rings is 2. The highest BCUT2D eigenvalue weighted by molar-refractivity contribution is 9.10. The van der Waals surface area contributed by atoms with Crippen LogP contribution in [0.25, 0.3) is 183 Å². The maximum atomic E-state index is 10.2. The van der Waals surface area contributed by atoms with Crippen molar-refractivity contribution in [2.45, 2.75) is 0 Å². The minimum Gasteiger partial charge on any atom is -0.423 e. The summed E-state index contributed by atoms with van der Waals surface area (Å²) in [5.74, 6) is 0. The van der Waals surface area contributed by atoms with E-state index in [1.807, 2.05) is 59.1 Å². The van der Waals surface area contributed by atoms with Gasteiger partial charge in [-0.25, -0.2) is 0 Å². The van der Waals surface area contributed by atoms with E-state index in [9.17, 15) is 10.0 Å². The smallest absolute Gasteiger partial charge is 0.423 e. The first-order valence-corrected chi connectivity index (χ1v) is 36.9. The van der Waals surface area contributed by atoms with E-state index in [2.05, 4.69) is 344 Å².